The van der Waals surface area contributed by atoms with Crippen LogP contribution < -0.4 is 16.4 Å². The molecule has 27 nitrogen and oxygen atoms in total. The fraction of sp³-hybridized carbons (Fsp3) is 0.640. The number of thiol groups is 1. The molecule has 1 fully saturated rings. The maximum atomic E-state index is 12.6. The van der Waals surface area contributed by atoms with Gasteiger partial charge in [0.1, 0.15) is 36.3 Å². The number of ether oxygens (including phenoxy) is 1. The average Bonchev–Trinajstić information content (AvgIpc) is 3.64. The van der Waals surface area contributed by atoms with Gasteiger partial charge in [0.05, 0.1) is 32.4 Å². The number of carboxylic acid groups (broad SMARTS) is 2. The number of hydrogen-bond donors (Lipinski definition) is 12. The summed E-state index contributed by atoms with van der Waals surface area (Å²) in [6.07, 6.45) is -7.33. The number of aliphatic carboxylic acids is 2. The lowest BCUT2D eigenvalue weighted by atomic mass is 9.87. The minimum absolute atomic E-state index is 0.0363. The molecule has 2 unspecified atom stereocenters. The molecule has 0 spiro atoms. The number of phosphoric ester groups is 3. The molecule has 3 heterocycles. The van der Waals surface area contributed by atoms with Gasteiger partial charge in [0.15, 0.2) is 17.7 Å². The van der Waals surface area contributed by atoms with Crippen molar-refractivity contribution >= 4 is 76.8 Å². The summed E-state index contributed by atoms with van der Waals surface area (Å²) in [5, 5.41) is 41.9. The van der Waals surface area contributed by atoms with Gasteiger partial charge in [-0.15, -0.1) is 0 Å². The Morgan fingerprint density at radius 2 is 1.59 bits per heavy atom. The number of rotatable bonds is 21. The molecule has 1 saturated heterocycles. The van der Waals surface area contributed by atoms with E-state index in [-0.39, 0.29) is 48.7 Å². The first-order valence-corrected chi connectivity index (χ1v) is 20.9. The first kappa shape index (κ1) is 49.0. The van der Waals surface area contributed by atoms with Crippen LogP contribution in [0.25, 0.3) is 11.2 Å². The van der Waals surface area contributed by atoms with Gasteiger partial charge in [-0.25, -0.2) is 28.6 Å². The number of phosphoric acid groups is 3. The van der Waals surface area contributed by atoms with Crippen LogP contribution in [0.2, 0.25) is 0 Å². The summed E-state index contributed by atoms with van der Waals surface area (Å²) < 4.78 is 61.7. The lowest BCUT2D eigenvalue weighted by Crippen LogP contribution is -2.46. The number of aromatic nitrogens is 4. The smallest absolute Gasteiger partial charge is 0.481 e. The topological polar surface area (TPSA) is 421 Å². The van der Waals surface area contributed by atoms with E-state index in [0.29, 0.717) is 12.3 Å². The minimum atomic E-state index is -5.54. The fourth-order valence-corrected chi connectivity index (χ4v) is 7.29. The SMILES string of the molecule is CC(C)(COP(=O)(O)OP(=O)(O)OC[C@H]1O[C@@H](n2cnc3c(N)ncnc32)[C@H](O)[C@@H]1OP(=O)(O)O)[C@@H](O)C(=O)NCCC(=O)NCCS.O=C(O)CCC(=O)O. The van der Waals surface area contributed by atoms with Gasteiger partial charge in [-0.2, -0.15) is 16.9 Å². The highest BCUT2D eigenvalue weighted by Gasteiger charge is 2.50. The fourth-order valence-electron chi connectivity index (χ4n) is 4.35. The molecule has 2 aromatic rings. The van der Waals surface area contributed by atoms with E-state index in [0.717, 1.165) is 17.2 Å². The highest BCUT2D eigenvalue weighted by atomic mass is 32.1. The number of imidazole rings is 1. The van der Waals surface area contributed by atoms with Crippen LogP contribution in [0.15, 0.2) is 12.7 Å². The van der Waals surface area contributed by atoms with Crippen molar-refractivity contribution in [3.8, 4) is 0 Å². The number of nitrogens with two attached hydrogens (primary N) is 1. The van der Waals surface area contributed by atoms with Crippen molar-refractivity contribution in [3.63, 3.8) is 0 Å². The second-order valence-corrected chi connectivity index (χ2v) is 16.8. The van der Waals surface area contributed by atoms with Crippen LogP contribution in [-0.2, 0) is 55.5 Å². The van der Waals surface area contributed by atoms with Crippen LogP contribution >= 0.6 is 36.1 Å². The van der Waals surface area contributed by atoms with E-state index in [9.17, 15) is 62.7 Å². The van der Waals surface area contributed by atoms with Crippen LogP contribution in [0.3, 0.4) is 0 Å². The lowest BCUT2D eigenvalue weighted by molar-refractivity contribution is -0.143. The predicted octanol–water partition coefficient (Wildman–Crippen LogP) is -1.73. The monoisotopic (exact) mass is 885 g/mol. The van der Waals surface area contributed by atoms with E-state index in [1.165, 1.54) is 13.8 Å². The Morgan fingerprint density at radius 3 is 2.16 bits per heavy atom. The molecule has 3 rings (SSSR count). The van der Waals surface area contributed by atoms with Crippen molar-refractivity contribution in [2.24, 2.45) is 5.41 Å². The van der Waals surface area contributed by atoms with Gasteiger partial charge in [0.25, 0.3) is 0 Å². The Labute approximate surface area is 321 Å². The maximum absolute atomic E-state index is 12.6. The highest BCUT2D eigenvalue weighted by molar-refractivity contribution is 7.80. The summed E-state index contributed by atoms with van der Waals surface area (Å²) in [5.74, 6) is -3.10. The third-order valence-electron chi connectivity index (χ3n) is 7.06. The second kappa shape index (κ2) is 21.0. The number of fused-ring (bicyclic) bond motifs is 1. The molecule has 0 saturated carbocycles. The molecule has 7 atom stereocenters. The summed E-state index contributed by atoms with van der Waals surface area (Å²) in [6, 6.07) is 0. The van der Waals surface area contributed by atoms with E-state index in [1.54, 1.807) is 0 Å². The van der Waals surface area contributed by atoms with Crippen molar-refractivity contribution in [2.75, 3.05) is 37.8 Å². The molecule has 318 valence electrons. The van der Waals surface area contributed by atoms with Crippen molar-refractivity contribution < 1.29 is 95.5 Å². The lowest BCUT2D eigenvalue weighted by Gasteiger charge is -2.30. The van der Waals surface area contributed by atoms with Crippen LogP contribution in [-0.4, -0.2) is 140 Å². The van der Waals surface area contributed by atoms with E-state index < -0.39 is 90.6 Å². The van der Waals surface area contributed by atoms with Gasteiger partial charge < -0.3 is 61.1 Å². The van der Waals surface area contributed by atoms with Gasteiger partial charge >= 0.3 is 35.4 Å². The minimum Gasteiger partial charge on any atom is -0.481 e. The van der Waals surface area contributed by atoms with Crippen molar-refractivity contribution in [1.29, 1.82) is 0 Å². The summed E-state index contributed by atoms with van der Waals surface area (Å²) in [7, 11) is -16.3. The van der Waals surface area contributed by atoms with E-state index in [1.807, 2.05) is 0 Å². The normalized spacial score (nSPS) is 21.2. The van der Waals surface area contributed by atoms with Crippen molar-refractivity contribution in [1.82, 2.24) is 30.2 Å². The molecule has 2 aromatic heterocycles. The molecular weight excluding hydrogens is 843 g/mol. The number of nitrogen functional groups attached to an aromatic ring is 1. The Kier molecular flexibility index (Phi) is 18.4. The number of amides is 2. The Hall–Kier alpha value is -3.17. The zero-order chi connectivity index (χ0) is 42.6. The molecule has 0 radical (unpaired) electrons. The maximum Gasteiger partial charge on any atom is 0.481 e. The number of carbonyl (C=O) groups excluding carboxylic acids is 2. The molecule has 0 bridgehead atoms. The molecule has 0 aromatic carbocycles. The molecular formula is C25H42N7O20P3S. The largest absolute Gasteiger partial charge is 0.481 e. The van der Waals surface area contributed by atoms with Crippen molar-refractivity contribution in [3.05, 3.63) is 12.7 Å². The first-order chi connectivity index (χ1) is 25.8. The first-order valence-electron chi connectivity index (χ1n) is 15.7. The van der Waals surface area contributed by atoms with Gasteiger partial charge in [-0.1, -0.05) is 13.8 Å². The number of carbonyl (C=O) groups is 4. The zero-order valence-corrected chi connectivity index (χ0v) is 32.9. The molecule has 1 aliphatic heterocycles. The third-order valence-corrected chi connectivity index (χ3v) is 10.4. The van der Waals surface area contributed by atoms with Gasteiger partial charge in [0, 0.05) is 30.7 Å². The van der Waals surface area contributed by atoms with Gasteiger partial charge in [-0.05, 0) is 0 Å². The van der Waals surface area contributed by atoms with Crippen LogP contribution in [0, 0.1) is 5.41 Å². The number of aliphatic hydroxyl groups is 2. The molecule has 56 heavy (non-hydrogen) atoms. The predicted molar refractivity (Wildman–Crippen MR) is 188 cm³/mol. The Bertz CT molecular complexity index is 1820. The summed E-state index contributed by atoms with van der Waals surface area (Å²) in [5.41, 5.74) is 4.30. The molecule has 1 aliphatic rings. The highest BCUT2D eigenvalue weighted by Crippen LogP contribution is 2.61. The second-order valence-electron chi connectivity index (χ2n) is 12.1. The third kappa shape index (κ3) is 16.0. The summed E-state index contributed by atoms with van der Waals surface area (Å²) in [6.45, 7) is 0.723. The summed E-state index contributed by atoms with van der Waals surface area (Å²) in [4.78, 5) is 93.9. The van der Waals surface area contributed by atoms with Crippen LogP contribution in [0.4, 0.5) is 5.82 Å². The molecule has 2 amide bonds. The number of nitrogens with one attached hydrogen (secondary N) is 2. The summed E-state index contributed by atoms with van der Waals surface area (Å²) >= 11 is 3.95. The molecule has 31 heteroatoms. The number of anilines is 1. The zero-order valence-electron chi connectivity index (χ0n) is 29.3. The van der Waals surface area contributed by atoms with E-state index >= 15 is 0 Å². The number of nitrogens with zero attached hydrogens (tertiary/aromatic N) is 4. The number of aliphatic hydroxyl groups excluding tert-OH is 2. The van der Waals surface area contributed by atoms with E-state index in [2.05, 4.69) is 47.0 Å². The molecule has 12 N–H and O–H groups in total. The van der Waals surface area contributed by atoms with Crippen LogP contribution in [0.5, 0.6) is 0 Å². The quantitative estimate of drug-likeness (QED) is 0.0489. The average molecular weight is 886 g/mol. The van der Waals surface area contributed by atoms with Crippen molar-refractivity contribution in [2.45, 2.75) is 63.8 Å². The number of carboxylic acids is 2. The van der Waals surface area contributed by atoms with E-state index in [4.69, 9.17) is 29.7 Å². The standard InChI is InChI=1S/C21H36N7O16P3S.C4H6O4/c1-21(2,16(31)19(32)24-4-3-12(29)23-5-6-48)8-41-47(38,39)44-46(36,37)40-7-11-15(43-45(33,34)35)14(30)20(42-11)28-10-27-13-17(22)25-9-26-18(13)28;5-3(6)1-2-4(7)8/h9-11,14-16,20,30-31,48H,3-8H2,1-2H3,(H,23,29)(H,24,32)(H,36,37)(H,38,39)(H2,22,25,26)(H2,33,34,35);1-2H2,(H,5,6)(H,7,8)/t11-,14-,15-,16+,20-;/m1./s1. The van der Waals surface area contributed by atoms with Crippen LogP contribution in [0.1, 0.15) is 39.3 Å². The Balaban J connectivity index is 0.00000122. The van der Waals surface area contributed by atoms with Gasteiger partial charge in [0.2, 0.25) is 11.8 Å². The Morgan fingerprint density at radius 1 is 0.982 bits per heavy atom. The number of hydrogen-bond acceptors (Lipinski definition) is 19. The molecule has 0 aliphatic carbocycles. The van der Waals surface area contributed by atoms with Gasteiger partial charge in [-0.3, -0.25) is 37.3 Å².